The van der Waals surface area contributed by atoms with Gasteiger partial charge in [-0.1, -0.05) is 18.2 Å². The van der Waals surface area contributed by atoms with Gasteiger partial charge in [0.25, 0.3) is 0 Å². The van der Waals surface area contributed by atoms with E-state index in [9.17, 15) is 13.6 Å². The number of halogens is 2. The molecule has 2 rings (SSSR count). The van der Waals surface area contributed by atoms with E-state index in [2.05, 4.69) is 5.32 Å². The van der Waals surface area contributed by atoms with Gasteiger partial charge in [0.1, 0.15) is 5.82 Å². The molecule has 4 nitrogen and oxygen atoms in total. The van der Waals surface area contributed by atoms with Crippen molar-refractivity contribution in [1.82, 2.24) is 10.2 Å². The van der Waals surface area contributed by atoms with Gasteiger partial charge in [0, 0.05) is 12.6 Å². The Labute approximate surface area is 152 Å². The quantitative estimate of drug-likeness (QED) is 0.770. The number of amides is 1. The maximum Gasteiger partial charge on any atom is 0.244 e. The predicted octanol–water partition coefficient (Wildman–Crippen LogP) is 3.41. The minimum absolute atomic E-state index is 0.149. The van der Waals surface area contributed by atoms with Gasteiger partial charge in [-0.25, -0.2) is 8.78 Å². The molecule has 2 aromatic carbocycles. The van der Waals surface area contributed by atoms with Crippen LogP contribution in [0.2, 0.25) is 0 Å². The highest BCUT2D eigenvalue weighted by molar-refractivity contribution is 5.91. The van der Waals surface area contributed by atoms with Gasteiger partial charge in [0.15, 0.2) is 11.6 Å². The van der Waals surface area contributed by atoms with E-state index >= 15 is 0 Å². The van der Waals surface area contributed by atoms with Crippen LogP contribution in [0.1, 0.15) is 17.2 Å². The van der Waals surface area contributed by atoms with E-state index in [1.54, 1.807) is 12.1 Å². The minimum Gasteiger partial charge on any atom is -0.494 e. The van der Waals surface area contributed by atoms with E-state index in [1.807, 2.05) is 25.1 Å². The zero-order valence-corrected chi connectivity index (χ0v) is 15.0. The summed E-state index contributed by atoms with van der Waals surface area (Å²) in [5, 5.41) is 2.78. The Morgan fingerprint density at radius 3 is 2.62 bits per heavy atom. The summed E-state index contributed by atoms with van der Waals surface area (Å²) >= 11 is 0. The van der Waals surface area contributed by atoms with Crippen molar-refractivity contribution in [2.45, 2.75) is 6.04 Å². The van der Waals surface area contributed by atoms with Crippen molar-refractivity contribution in [3.63, 3.8) is 0 Å². The summed E-state index contributed by atoms with van der Waals surface area (Å²) < 4.78 is 31.9. The third kappa shape index (κ3) is 5.39. The SMILES string of the molecule is COc1ccc(/C=C/C(=O)NCC(c2cccc(F)c2)N(C)C)cc1F. The first-order valence-electron chi connectivity index (χ1n) is 8.12. The molecule has 1 N–H and O–H groups in total. The van der Waals surface area contributed by atoms with Crippen LogP contribution in [0.3, 0.4) is 0 Å². The Morgan fingerprint density at radius 2 is 2.00 bits per heavy atom. The maximum absolute atomic E-state index is 13.6. The van der Waals surface area contributed by atoms with Crippen LogP contribution in [0.15, 0.2) is 48.5 Å². The second-order valence-corrected chi connectivity index (χ2v) is 6.01. The van der Waals surface area contributed by atoms with E-state index < -0.39 is 5.82 Å². The fourth-order valence-corrected chi connectivity index (χ4v) is 2.53. The lowest BCUT2D eigenvalue weighted by Gasteiger charge is -2.24. The molecule has 0 aromatic heterocycles. The van der Waals surface area contributed by atoms with Crippen LogP contribution < -0.4 is 10.1 Å². The lowest BCUT2D eigenvalue weighted by molar-refractivity contribution is -0.116. The summed E-state index contributed by atoms with van der Waals surface area (Å²) in [5.74, 6) is -0.976. The standard InChI is InChI=1S/C20H22F2N2O2/c1-24(2)18(15-5-4-6-16(21)12-15)13-23-20(25)10-8-14-7-9-19(26-3)17(22)11-14/h4-12,18H,13H2,1-3H3,(H,23,25)/b10-8+. The summed E-state index contributed by atoms with van der Waals surface area (Å²) in [7, 11) is 5.11. The average molecular weight is 360 g/mol. The zero-order valence-electron chi connectivity index (χ0n) is 15.0. The number of benzene rings is 2. The third-order valence-corrected chi connectivity index (χ3v) is 3.93. The Bertz CT molecular complexity index is 791. The van der Waals surface area contributed by atoms with E-state index in [0.29, 0.717) is 12.1 Å². The van der Waals surface area contributed by atoms with Crippen LogP contribution in [0.4, 0.5) is 8.78 Å². The lowest BCUT2D eigenvalue weighted by Crippen LogP contribution is -2.33. The van der Waals surface area contributed by atoms with Crippen LogP contribution in [0.25, 0.3) is 6.08 Å². The highest BCUT2D eigenvalue weighted by Gasteiger charge is 2.15. The smallest absolute Gasteiger partial charge is 0.244 e. The van der Waals surface area contributed by atoms with Gasteiger partial charge < -0.3 is 15.0 Å². The van der Waals surface area contributed by atoms with Crippen LogP contribution in [0.5, 0.6) is 5.75 Å². The average Bonchev–Trinajstić information content (AvgIpc) is 2.60. The van der Waals surface area contributed by atoms with Crippen LogP contribution in [0, 0.1) is 11.6 Å². The molecular formula is C20H22F2N2O2. The van der Waals surface area contributed by atoms with Gasteiger partial charge in [0.2, 0.25) is 5.91 Å². The van der Waals surface area contributed by atoms with Crippen molar-refractivity contribution in [2.75, 3.05) is 27.7 Å². The molecule has 1 atom stereocenters. The molecule has 0 heterocycles. The molecule has 26 heavy (non-hydrogen) atoms. The number of nitrogens with one attached hydrogen (secondary N) is 1. The zero-order chi connectivity index (χ0) is 19.1. The number of carbonyl (C=O) groups excluding carboxylic acids is 1. The second kappa shape index (κ2) is 9.10. The van der Waals surface area contributed by atoms with Gasteiger partial charge in [-0.2, -0.15) is 0 Å². The summed E-state index contributed by atoms with van der Waals surface area (Å²) in [5.41, 5.74) is 1.32. The normalized spacial score (nSPS) is 12.4. The Morgan fingerprint density at radius 1 is 1.23 bits per heavy atom. The van der Waals surface area contributed by atoms with E-state index in [-0.39, 0.29) is 23.5 Å². The first kappa shape index (κ1) is 19.6. The predicted molar refractivity (Wildman–Crippen MR) is 97.8 cm³/mol. The summed E-state index contributed by atoms with van der Waals surface area (Å²) in [6, 6.07) is 10.6. The van der Waals surface area contributed by atoms with Gasteiger partial charge in [0.05, 0.1) is 13.2 Å². The molecule has 0 radical (unpaired) electrons. The molecule has 0 saturated carbocycles. The number of methoxy groups -OCH3 is 1. The summed E-state index contributed by atoms with van der Waals surface area (Å²) in [6.45, 7) is 0.316. The van der Waals surface area contributed by atoms with Crippen molar-refractivity contribution < 1.29 is 18.3 Å². The van der Waals surface area contributed by atoms with E-state index in [1.165, 1.54) is 43.5 Å². The number of hydrogen-bond acceptors (Lipinski definition) is 3. The van der Waals surface area contributed by atoms with Gasteiger partial charge in [-0.05, 0) is 55.6 Å². The number of hydrogen-bond donors (Lipinski definition) is 1. The fourth-order valence-electron chi connectivity index (χ4n) is 2.53. The molecule has 6 heteroatoms. The van der Waals surface area contributed by atoms with Crippen LogP contribution in [-0.2, 0) is 4.79 Å². The largest absolute Gasteiger partial charge is 0.494 e. The van der Waals surface area contributed by atoms with Gasteiger partial charge >= 0.3 is 0 Å². The topological polar surface area (TPSA) is 41.6 Å². The third-order valence-electron chi connectivity index (χ3n) is 3.93. The van der Waals surface area contributed by atoms with E-state index in [0.717, 1.165) is 5.56 Å². The molecule has 0 spiro atoms. The first-order chi connectivity index (χ1) is 12.4. The van der Waals surface area contributed by atoms with Crippen LogP contribution >= 0.6 is 0 Å². The second-order valence-electron chi connectivity index (χ2n) is 6.01. The summed E-state index contributed by atoms with van der Waals surface area (Å²) in [6.07, 6.45) is 2.85. The van der Waals surface area contributed by atoms with Crippen LogP contribution in [-0.4, -0.2) is 38.6 Å². The molecule has 0 fully saturated rings. The fraction of sp³-hybridized carbons (Fsp3) is 0.250. The molecule has 0 bridgehead atoms. The number of rotatable bonds is 7. The summed E-state index contributed by atoms with van der Waals surface area (Å²) in [4.78, 5) is 13.9. The molecule has 0 aliphatic rings. The number of ether oxygens (including phenoxy) is 1. The Kier molecular flexibility index (Phi) is 6.86. The van der Waals surface area contributed by atoms with Crippen molar-refractivity contribution in [2.24, 2.45) is 0 Å². The first-order valence-corrected chi connectivity index (χ1v) is 8.12. The van der Waals surface area contributed by atoms with Crippen molar-refractivity contribution in [3.8, 4) is 5.75 Å². The highest BCUT2D eigenvalue weighted by Crippen LogP contribution is 2.19. The van der Waals surface area contributed by atoms with Crippen molar-refractivity contribution in [1.29, 1.82) is 0 Å². The van der Waals surface area contributed by atoms with E-state index in [4.69, 9.17) is 4.74 Å². The Balaban J connectivity index is 1.99. The van der Waals surface area contributed by atoms with Crippen molar-refractivity contribution >= 4 is 12.0 Å². The monoisotopic (exact) mass is 360 g/mol. The van der Waals surface area contributed by atoms with Gasteiger partial charge in [-0.15, -0.1) is 0 Å². The molecule has 0 saturated heterocycles. The molecule has 0 aliphatic carbocycles. The molecule has 1 amide bonds. The molecule has 1 unspecified atom stereocenters. The number of nitrogens with zero attached hydrogens (tertiary/aromatic N) is 1. The molecular weight excluding hydrogens is 338 g/mol. The Hall–Kier alpha value is -2.73. The highest BCUT2D eigenvalue weighted by atomic mass is 19.1. The van der Waals surface area contributed by atoms with Gasteiger partial charge in [-0.3, -0.25) is 4.79 Å². The lowest BCUT2D eigenvalue weighted by atomic mass is 10.1. The molecule has 138 valence electrons. The number of carbonyl (C=O) groups is 1. The maximum atomic E-state index is 13.6. The minimum atomic E-state index is -0.492. The molecule has 0 aliphatic heterocycles. The van der Waals surface area contributed by atoms with Crippen molar-refractivity contribution in [3.05, 3.63) is 71.3 Å². The number of likely N-dealkylation sites (N-methyl/N-ethyl adjacent to an activating group) is 1. The molecule has 2 aromatic rings.